The van der Waals surface area contributed by atoms with Crippen LogP contribution in [0.4, 0.5) is 0 Å². The molecule has 1 amide bonds. The van der Waals surface area contributed by atoms with Gasteiger partial charge in [-0.2, -0.15) is 0 Å². The largest absolute Gasteiger partial charge is 0.384 e. The van der Waals surface area contributed by atoms with Gasteiger partial charge in [0.2, 0.25) is 5.91 Å². The number of carbonyl (C=O) groups is 1. The summed E-state index contributed by atoms with van der Waals surface area (Å²) in [6.45, 7) is 2.24. The van der Waals surface area contributed by atoms with Gasteiger partial charge in [-0.15, -0.1) is 0 Å². The van der Waals surface area contributed by atoms with Crippen molar-refractivity contribution in [3.8, 4) is 0 Å². The van der Waals surface area contributed by atoms with E-state index in [1.807, 2.05) is 24.3 Å². The lowest BCUT2D eigenvalue weighted by Gasteiger charge is -2.16. The van der Waals surface area contributed by atoms with Crippen LogP contribution < -0.4 is 0 Å². The van der Waals surface area contributed by atoms with E-state index in [4.69, 9.17) is 4.74 Å². The molecule has 100 valence electrons. The quantitative estimate of drug-likeness (QED) is 0.779. The number of imidazole rings is 1. The third-order valence-electron chi connectivity index (χ3n) is 3.55. The summed E-state index contributed by atoms with van der Waals surface area (Å²) in [6, 6.07) is 0. The van der Waals surface area contributed by atoms with Crippen LogP contribution in [0.25, 0.3) is 0 Å². The summed E-state index contributed by atoms with van der Waals surface area (Å²) >= 11 is 0. The zero-order chi connectivity index (χ0) is 13.0. The molecule has 1 aliphatic heterocycles. The monoisotopic (exact) mass is 251 g/mol. The van der Waals surface area contributed by atoms with E-state index in [-0.39, 0.29) is 5.91 Å². The molecule has 1 aliphatic rings. The summed E-state index contributed by atoms with van der Waals surface area (Å²) in [5, 5.41) is 0. The lowest BCUT2D eigenvalue weighted by molar-refractivity contribution is -0.131. The average molecular weight is 251 g/mol. The fourth-order valence-electron chi connectivity index (χ4n) is 2.42. The molecule has 0 bridgehead atoms. The van der Waals surface area contributed by atoms with Crippen LogP contribution in [0.3, 0.4) is 0 Å². The fourth-order valence-corrected chi connectivity index (χ4v) is 2.42. The highest BCUT2D eigenvalue weighted by Crippen LogP contribution is 2.20. The van der Waals surface area contributed by atoms with Crippen molar-refractivity contribution in [2.75, 3.05) is 26.8 Å². The highest BCUT2D eigenvalue weighted by Gasteiger charge is 2.26. The van der Waals surface area contributed by atoms with Gasteiger partial charge in [0.15, 0.2) is 0 Å². The van der Waals surface area contributed by atoms with Crippen LogP contribution in [0.1, 0.15) is 18.7 Å². The van der Waals surface area contributed by atoms with Crippen molar-refractivity contribution >= 4 is 5.91 Å². The van der Waals surface area contributed by atoms with Gasteiger partial charge in [0.05, 0.1) is 13.0 Å². The number of amides is 1. The summed E-state index contributed by atoms with van der Waals surface area (Å²) in [6.07, 6.45) is 6.31. The summed E-state index contributed by atoms with van der Waals surface area (Å²) in [7, 11) is 3.64. The predicted molar refractivity (Wildman–Crippen MR) is 68.1 cm³/mol. The molecule has 0 spiro atoms. The Bertz CT molecular complexity index is 403. The van der Waals surface area contributed by atoms with Crippen molar-refractivity contribution < 1.29 is 9.53 Å². The number of nitrogens with zero attached hydrogens (tertiary/aromatic N) is 3. The molecule has 0 saturated carbocycles. The molecule has 2 rings (SSSR count). The maximum atomic E-state index is 11.8. The molecule has 1 saturated heterocycles. The number of ether oxygens (including phenoxy) is 1. The first-order valence-electron chi connectivity index (χ1n) is 6.43. The first-order valence-corrected chi connectivity index (χ1v) is 6.43. The number of carbonyl (C=O) groups excluding carboxylic acids is 1. The van der Waals surface area contributed by atoms with Crippen molar-refractivity contribution in [3.63, 3.8) is 0 Å². The standard InChI is InChI=1S/C13H21N3O2/c1-15-7-5-14-12(15)9-11-3-6-16(10-11)13(17)4-8-18-2/h5,7,11H,3-4,6,8-10H2,1-2H3. The Hall–Kier alpha value is -1.36. The predicted octanol–water partition coefficient (Wildman–Crippen LogP) is 0.848. The lowest BCUT2D eigenvalue weighted by atomic mass is 10.0. The van der Waals surface area contributed by atoms with E-state index in [2.05, 4.69) is 9.55 Å². The van der Waals surface area contributed by atoms with Crippen LogP contribution in [0, 0.1) is 5.92 Å². The van der Waals surface area contributed by atoms with E-state index in [0.717, 1.165) is 31.8 Å². The molecule has 5 heteroatoms. The summed E-state index contributed by atoms with van der Waals surface area (Å²) in [5.41, 5.74) is 0. The zero-order valence-corrected chi connectivity index (χ0v) is 11.1. The van der Waals surface area contributed by atoms with E-state index in [1.165, 1.54) is 0 Å². The third-order valence-corrected chi connectivity index (χ3v) is 3.55. The van der Waals surface area contributed by atoms with E-state index in [9.17, 15) is 4.79 Å². The Labute approximate surface area is 108 Å². The molecule has 0 aliphatic carbocycles. The van der Waals surface area contributed by atoms with Gasteiger partial charge in [0, 0.05) is 46.1 Å². The number of hydrogen-bond acceptors (Lipinski definition) is 3. The van der Waals surface area contributed by atoms with Gasteiger partial charge in [-0.1, -0.05) is 0 Å². The van der Waals surface area contributed by atoms with Crippen LogP contribution >= 0.6 is 0 Å². The Kier molecular flexibility index (Phi) is 4.36. The minimum atomic E-state index is 0.208. The van der Waals surface area contributed by atoms with Crippen molar-refractivity contribution in [3.05, 3.63) is 18.2 Å². The molecule has 1 aromatic heterocycles. The van der Waals surface area contributed by atoms with Crippen molar-refractivity contribution in [1.29, 1.82) is 0 Å². The lowest BCUT2D eigenvalue weighted by Crippen LogP contribution is -2.29. The molecule has 0 radical (unpaired) electrons. The van der Waals surface area contributed by atoms with Gasteiger partial charge in [-0.3, -0.25) is 4.79 Å². The van der Waals surface area contributed by atoms with Crippen LogP contribution in [0.2, 0.25) is 0 Å². The van der Waals surface area contributed by atoms with Gasteiger partial charge in [-0.25, -0.2) is 4.98 Å². The number of hydrogen-bond donors (Lipinski definition) is 0. The van der Waals surface area contributed by atoms with Crippen molar-refractivity contribution in [2.24, 2.45) is 13.0 Å². The highest BCUT2D eigenvalue weighted by atomic mass is 16.5. The van der Waals surface area contributed by atoms with Crippen LogP contribution in [-0.2, 0) is 23.0 Å². The molecular formula is C13H21N3O2. The van der Waals surface area contributed by atoms with Crippen molar-refractivity contribution in [2.45, 2.75) is 19.3 Å². The Balaban J connectivity index is 1.81. The SMILES string of the molecule is COCCC(=O)N1CCC(Cc2nccn2C)C1. The number of likely N-dealkylation sites (tertiary alicyclic amines) is 1. The minimum Gasteiger partial charge on any atom is -0.384 e. The first kappa shape index (κ1) is 13.1. The van der Waals surface area contributed by atoms with Crippen LogP contribution in [-0.4, -0.2) is 47.2 Å². The molecular weight excluding hydrogens is 230 g/mol. The molecule has 0 aromatic carbocycles. The Morgan fingerprint density at radius 2 is 2.44 bits per heavy atom. The Morgan fingerprint density at radius 3 is 3.11 bits per heavy atom. The second-order valence-corrected chi connectivity index (χ2v) is 4.90. The van der Waals surface area contributed by atoms with E-state index >= 15 is 0 Å². The number of aryl methyl sites for hydroxylation is 1. The molecule has 0 N–H and O–H groups in total. The third kappa shape index (κ3) is 3.10. The van der Waals surface area contributed by atoms with Crippen LogP contribution in [0.15, 0.2) is 12.4 Å². The van der Waals surface area contributed by atoms with E-state index in [1.54, 1.807) is 7.11 Å². The summed E-state index contributed by atoms with van der Waals surface area (Å²) in [5.74, 6) is 1.85. The van der Waals surface area contributed by atoms with Gasteiger partial charge in [-0.05, 0) is 12.3 Å². The zero-order valence-electron chi connectivity index (χ0n) is 11.1. The first-order chi connectivity index (χ1) is 8.70. The van der Waals surface area contributed by atoms with Gasteiger partial charge < -0.3 is 14.2 Å². The number of methoxy groups -OCH3 is 1. The maximum Gasteiger partial charge on any atom is 0.224 e. The number of rotatable bonds is 5. The molecule has 18 heavy (non-hydrogen) atoms. The normalized spacial score (nSPS) is 19.4. The van der Waals surface area contributed by atoms with Gasteiger partial charge in [0.25, 0.3) is 0 Å². The maximum absolute atomic E-state index is 11.8. The molecule has 1 aromatic rings. The summed E-state index contributed by atoms with van der Waals surface area (Å²) in [4.78, 5) is 18.1. The average Bonchev–Trinajstić information content (AvgIpc) is 2.97. The molecule has 1 fully saturated rings. The van der Waals surface area contributed by atoms with Crippen molar-refractivity contribution in [1.82, 2.24) is 14.5 Å². The van der Waals surface area contributed by atoms with E-state index in [0.29, 0.717) is 18.9 Å². The minimum absolute atomic E-state index is 0.208. The second kappa shape index (κ2) is 6.00. The smallest absolute Gasteiger partial charge is 0.224 e. The molecule has 5 nitrogen and oxygen atoms in total. The Morgan fingerprint density at radius 1 is 1.61 bits per heavy atom. The van der Waals surface area contributed by atoms with E-state index < -0.39 is 0 Å². The molecule has 1 atom stereocenters. The van der Waals surface area contributed by atoms with Crippen LogP contribution in [0.5, 0.6) is 0 Å². The summed E-state index contributed by atoms with van der Waals surface area (Å²) < 4.78 is 6.99. The topological polar surface area (TPSA) is 47.4 Å². The fraction of sp³-hybridized carbons (Fsp3) is 0.692. The van der Waals surface area contributed by atoms with Gasteiger partial charge in [0.1, 0.15) is 5.82 Å². The molecule has 2 heterocycles. The molecule has 1 unspecified atom stereocenters. The number of aromatic nitrogens is 2. The second-order valence-electron chi connectivity index (χ2n) is 4.90. The van der Waals surface area contributed by atoms with Gasteiger partial charge >= 0.3 is 0 Å². The highest BCUT2D eigenvalue weighted by molar-refractivity contribution is 5.76.